The average Bonchev–Trinajstić information content (AvgIpc) is 3.03. The Kier molecular flexibility index (Phi) is 2.82. The Bertz CT molecular complexity index is 848. The number of aryl methyl sites for hydroxylation is 1. The first-order chi connectivity index (χ1) is 9.70. The molecule has 2 aromatic carbocycles. The smallest absolute Gasteiger partial charge is 0.149 e. The minimum Gasteiger partial charge on any atom is -0.271 e. The number of hydrogen-bond acceptors (Lipinski definition) is 4. The monoisotopic (exact) mass is 298 g/mol. The van der Waals surface area contributed by atoms with E-state index in [2.05, 4.69) is 49.2 Å². The van der Waals surface area contributed by atoms with Crippen molar-refractivity contribution in [3.63, 3.8) is 0 Å². The summed E-state index contributed by atoms with van der Waals surface area (Å²) >= 11 is 3.59. The molecule has 1 unspecified atom stereocenters. The lowest BCUT2D eigenvalue weighted by molar-refractivity contribution is 0.865. The van der Waals surface area contributed by atoms with E-state index in [1.54, 1.807) is 11.3 Å². The maximum atomic E-state index is 4.77. The van der Waals surface area contributed by atoms with Crippen molar-refractivity contribution in [2.24, 2.45) is 4.99 Å². The van der Waals surface area contributed by atoms with Gasteiger partial charge in [0, 0.05) is 11.1 Å². The molecule has 0 fully saturated rings. The molecule has 0 radical (unpaired) electrons. The summed E-state index contributed by atoms with van der Waals surface area (Å²) in [6.45, 7) is 4.29. The Labute approximate surface area is 125 Å². The highest BCUT2D eigenvalue weighted by molar-refractivity contribution is 8.15. The van der Waals surface area contributed by atoms with Crippen LogP contribution in [-0.2, 0) is 0 Å². The van der Waals surface area contributed by atoms with Crippen molar-refractivity contribution in [2.75, 3.05) is 5.75 Å². The van der Waals surface area contributed by atoms with Gasteiger partial charge in [0.25, 0.3) is 0 Å². The van der Waals surface area contributed by atoms with E-state index in [1.165, 1.54) is 21.0 Å². The lowest BCUT2D eigenvalue weighted by Crippen LogP contribution is -1.93. The number of benzene rings is 2. The van der Waals surface area contributed by atoms with Crippen LogP contribution in [0.25, 0.3) is 21.0 Å². The maximum absolute atomic E-state index is 4.77. The summed E-state index contributed by atoms with van der Waals surface area (Å²) in [5.74, 6) is 1.07. The summed E-state index contributed by atoms with van der Waals surface area (Å²) < 4.78 is 1.28. The molecule has 0 aliphatic carbocycles. The van der Waals surface area contributed by atoms with Crippen molar-refractivity contribution in [2.45, 2.75) is 19.9 Å². The van der Waals surface area contributed by atoms with E-state index in [1.807, 2.05) is 11.8 Å². The number of aromatic nitrogens is 1. The predicted molar refractivity (Wildman–Crippen MR) is 90.3 cm³/mol. The molecule has 1 aliphatic rings. The van der Waals surface area contributed by atoms with Crippen molar-refractivity contribution in [1.82, 2.24) is 4.98 Å². The van der Waals surface area contributed by atoms with Crippen molar-refractivity contribution in [3.8, 4) is 0 Å². The van der Waals surface area contributed by atoms with Crippen LogP contribution in [0, 0.1) is 6.92 Å². The molecular weight excluding hydrogens is 284 g/mol. The van der Waals surface area contributed by atoms with Crippen LogP contribution in [-0.4, -0.2) is 21.8 Å². The van der Waals surface area contributed by atoms with Gasteiger partial charge in [-0.2, -0.15) is 0 Å². The van der Waals surface area contributed by atoms with E-state index in [-0.39, 0.29) is 0 Å². The second kappa shape index (κ2) is 4.57. The van der Waals surface area contributed by atoms with Gasteiger partial charge >= 0.3 is 0 Å². The summed E-state index contributed by atoms with van der Waals surface area (Å²) in [6.07, 6.45) is 0. The zero-order valence-electron chi connectivity index (χ0n) is 11.4. The zero-order valence-corrected chi connectivity index (χ0v) is 13.0. The molecule has 3 aromatic rings. The van der Waals surface area contributed by atoms with Crippen molar-refractivity contribution in [1.29, 1.82) is 0 Å². The van der Waals surface area contributed by atoms with Crippen LogP contribution in [0.3, 0.4) is 0 Å². The molecule has 0 saturated heterocycles. The lowest BCUT2D eigenvalue weighted by atomic mass is 10.1. The molecule has 1 aromatic heterocycles. The van der Waals surface area contributed by atoms with Crippen LogP contribution in [0.2, 0.25) is 0 Å². The Hall–Kier alpha value is -1.39. The second-order valence-corrected chi connectivity index (χ2v) is 7.26. The van der Waals surface area contributed by atoms with Crippen molar-refractivity contribution in [3.05, 3.63) is 40.9 Å². The fraction of sp³-hybridized carbons (Fsp3) is 0.250. The highest BCUT2D eigenvalue weighted by Gasteiger charge is 2.19. The van der Waals surface area contributed by atoms with Crippen LogP contribution in [0.15, 0.2) is 35.3 Å². The van der Waals surface area contributed by atoms with Gasteiger partial charge in [-0.1, -0.05) is 29.8 Å². The molecule has 0 N–H and O–H groups in total. The van der Waals surface area contributed by atoms with Crippen LogP contribution in [0.1, 0.15) is 17.5 Å². The number of nitrogens with zero attached hydrogens (tertiary/aromatic N) is 2. The third-order valence-electron chi connectivity index (χ3n) is 3.51. The molecule has 100 valence electrons. The summed E-state index contributed by atoms with van der Waals surface area (Å²) in [7, 11) is 0. The first-order valence-electron chi connectivity index (χ1n) is 6.71. The maximum Gasteiger partial charge on any atom is 0.149 e. The van der Waals surface area contributed by atoms with Crippen molar-refractivity contribution >= 4 is 49.1 Å². The molecule has 0 bridgehead atoms. The van der Waals surface area contributed by atoms with E-state index in [4.69, 9.17) is 4.98 Å². The summed E-state index contributed by atoms with van der Waals surface area (Å²) in [5.41, 5.74) is 2.38. The van der Waals surface area contributed by atoms with E-state index in [0.717, 1.165) is 21.3 Å². The van der Waals surface area contributed by atoms with Gasteiger partial charge in [0.1, 0.15) is 10.1 Å². The highest BCUT2D eigenvalue weighted by atomic mass is 32.2. The molecule has 0 saturated carbocycles. The first-order valence-corrected chi connectivity index (χ1v) is 8.52. The Balaban J connectivity index is 1.95. The molecule has 4 heteroatoms. The highest BCUT2D eigenvalue weighted by Crippen LogP contribution is 2.34. The van der Waals surface area contributed by atoms with Gasteiger partial charge in [-0.25, -0.2) is 4.98 Å². The Morgan fingerprint density at radius 1 is 1.20 bits per heavy atom. The van der Waals surface area contributed by atoms with Gasteiger partial charge in [0.2, 0.25) is 0 Å². The molecular formula is C16H14N2S2. The van der Waals surface area contributed by atoms with Crippen LogP contribution in [0.5, 0.6) is 0 Å². The van der Waals surface area contributed by atoms with Gasteiger partial charge in [0.05, 0.1) is 16.3 Å². The van der Waals surface area contributed by atoms with Gasteiger partial charge in [-0.15, -0.1) is 23.1 Å². The normalized spacial score (nSPS) is 18.9. The largest absolute Gasteiger partial charge is 0.271 e. The molecule has 1 atom stereocenters. The third-order valence-corrected chi connectivity index (χ3v) is 5.97. The first kappa shape index (κ1) is 12.4. The van der Waals surface area contributed by atoms with Crippen LogP contribution < -0.4 is 0 Å². The Morgan fingerprint density at radius 2 is 2.10 bits per heavy atom. The summed E-state index contributed by atoms with van der Waals surface area (Å²) in [4.78, 5) is 9.44. The zero-order chi connectivity index (χ0) is 13.7. The fourth-order valence-electron chi connectivity index (χ4n) is 2.52. The fourth-order valence-corrected chi connectivity index (χ4v) is 4.71. The number of hydrogen-bond donors (Lipinski definition) is 0. The molecule has 4 rings (SSSR count). The average molecular weight is 298 g/mol. The molecule has 2 nitrogen and oxygen atoms in total. The van der Waals surface area contributed by atoms with Gasteiger partial charge < -0.3 is 0 Å². The van der Waals surface area contributed by atoms with Crippen LogP contribution in [0.4, 0.5) is 0 Å². The predicted octanol–water partition coefficient (Wildman–Crippen LogP) is 4.64. The Morgan fingerprint density at radius 3 is 2.90 bits per heavy atom. The quantitative estimate of drug-likeness (QED) is 0.654. The summed E-state index contributed by atoms with van der Waals surface area (Å²) in [5, 5.41) is 4.77. The van der Waals surface area contributed by atoms with Crippen molar-refractivity contribution < 1.29 is 0 Å². The van der Waals surface area contributed by atoms with E-state index in [0.29, 0.717) is 6.04 Å². The van der Waals surface area contributed by atoms with Gasteiger partial charge in [-0.05, 0) is 25.3 Å². The lowest BCUT2D eigenvalue weighted by Gasteiger charge is -1.99. The van der Waals surface area contributed by atoms with Crippen LogP contribution >= 0.6 is 23.1 Å². The molecule has 0 spiro atoms. The van der Waals surface area contributed by atoms with Gasteiger partial charge in [-0.3, -0.25) is 4.99 Å². The van der Waals surface area contributed by atoms with Gasteiger partial charge in [0.15, 0.2) is 0 Å². The minimum absolute atomic E-state index is 0.418. The standard InChI is InChI=1S/C16H14N2S2/c1-9-3-5-12-11(7-9)4-6-13-14(12)20-16(18-13)15-17-10(2)8-19-15/h3-7,10H,8H2,1-2H3. The molecule has 1 aliphatic heterocycles. The summed E-state index contributed by atoms with van der Waals surface area (Å²) in [6, 6.07) is 11.3. The number of thiazole rings is 1. The van der Waals surface area contributed by atoms with E-state index in [9.17, 15) is 0 Å². The van der Waals surface area contributed by atoms with E-state index >= 15 is 0 Å². The molecule has 20 heavy (non-hydrogen) atoms. The molecule has 0 amide bonds. The second-order valence-electron chi connectivity index (χ2n) is 5.25. The number of aliphatic imine (C=N–C) groups is 1. The SMILES string of the molecule is Cc1ccc2c(ccc3nc(C4=NC(C)CS4)sc32)c1. The number of rotatable bonds is 1. The molecule has 2 heterocycles. The minimum atomic E-state index is 0.418. The number of fused-ring (bicyclic) bond motifs is 3. The number of thioether (sulfide) groups is 1. The van der Waals surface area contributed by atoms with E-state index < -0.39 is 0 Å². The third kappa shape index (κ3) is 1.95. The topological polar surface area (TPSA) is 25.2 Å².